The zero-order chi connectivity index (χ0) is 16.1. The summed E-state index contributed by atoms with van der Waals surface area (Å²) in [5.74, 6) is 0. The molecule has 0 nitrogen and oxygen atoms in total. The zero-order valence-corrected chi connectivity index (χ0v) is 15.1. The standard InChI is InChI=1S/C21H20S2/c1-16-3-7-18(8-4-16)19-9-13-21(14-10-19)23-15-22-20-11-5-17(2)6-12-20/h3-14H,15H2,1-2H3. The fourth-order valence-electron chi connectivity index (χ4n) is 2.29. The molecule has 0 aromatic heterocycles. The quantitative estimate of drug-likeness (QED) is 0.370. The van der Waals surface area contributed by atoms with Crippen LogP contribution in [0.25, 0.3) is 11.1 Å². The highest BCUT2D eigenvalue weighted by molar-refractivity contribution is 8.16. The van der Waals surface area contributed by atoms with Crippen LogP contribution in [-0.2, 0) is 0 Å². The Morgan fingerprint density at radius 2 is 0.870 bits per heavy atom. The van der Waals surface area contributed by atoms with Crippen LogP contribution in [0.2, 0.25) is 0 Å². The smallest absolute Gasteiger partial charge is 0.0486 e. The van der Waals surface area contributed by atoms with E-state index in [1.807, 2.05) is 23.5 Å². The summed E-state index contributed by atoms with van der Waals surface area (Å²) in [6.45, 7) is 4.24. The van der Waals surface area contributed by atoms with E-state index in [1.165, 1.54) is 32.0 Å². The van der Waals surface area contributed by atoms with Gasteiger partial charge >= 0.3 is 0 Å². The Bertz CT molecular complexity index is 741. The molecule has 3 aromatic carbocycles. The highest BCUT2D eigenvalue weighted by Gasteiger charge is 2.00. The summed E-state index contributed by atoms with van der Waals surface area (Å²) in [5.41, 5.74) is 5.17. The Hall–Kier alpha value is -1.64. The average Bonchev–Trinajstić information content (AvgIpc) is 2.58. The highest BCUT2D eigenvalue weighted by atomic mass is 32.2. The Balaban J connectivity index is 1.57. The molecular weight excluding hydrogens is 316 g/mol. The molecular formula is C21H20S2. The van der Waals surface area contributed by atoms with Crippen LogP contribution in [0.4, 0.5) is 0 Å². The lowest BCUT2D eigenvalue weighted by atomic mass is 10.0. The second-order valence-electron chi connectivity index (χ2n) is 5.61. The van der Waals surface area contributed by atoms with Gasteiger partial charge in [-0.1, -0.05) is 59.7 Å². The molecule has 0 atom stereocenters. The van der Waals surface area contributed by atoms with Gasteiger partial charge in [-0.15, -0.1) is 23.5 Å². The fraction of sp³-hybridized carbons (Fsp3) is 0.143. The van der Waals surface area contributed by atoms with Crippen LogP contribution in [0.1, 0.15) is 11.1 Å². The Morgan fingerprint density at radius 1 is 0.522 bits per heavy atom. The van der Waals surface area contributed by atoms with Crippen molar-refractivity contribution in [3.8, 4) is 11.1 Å². The fourth-order valence-corrected chi connectivity index (χ4v) is 4.27. The van der Waals surface area contributed by atoms with Crippen molar-refractivity contribution in [1.29, 1.82) is 0 Å². The van der Waals surface area contributed by atoms with E-state index in [0.29, 0.717) is 0 Å². The van der Waals surface area contributed by atoms with E-state index >= 15 is 0 Å². The predicted molar refractivity (Wildman–Crippen MR) is 104 cm³/mol. The lowest BCUT2D eigenvalue weighted by molar-refractivity contribution is 1.38. The van der Waals surface area contributed by atoms with E-state index in [1.54, 1.807) is 0 Å². The number of benzene rings is 3. The lowest BCUT2D eigenvalue weighted by Gasteiger charge is -2.05. The van der Waals surface area contributed by atoms with Crippen LogP contribution >= 0.6 is 23.5 Å². The monoisotopic (exact) mass is 336 g/mol. The molecule has 0 unspecified atom stereocenters. The summed E-state index contributed by atoms with van der Waals surface area (Å²) < 4.78 is 0. The maximum Gasteiger partial charge on any atom is 0.0486 e. The molecule has 0 aliphatic heterocycles. The molecule has 0 amide bonds. The van der Waals surface area contributed by atoms with E-state index in [4.69, 9.17) is 0 Å². The summed E-state index contributed by atoms with van der Waals surface area (Å²) in [7, 11) is 0. The first-order chi connectivity index (χ1) is 11.2. The van der Waals surface area contributed by atoms with Gasteiger partial charge in [-0.05, 0) is 49.2 Å². The van der Waals surface area contributed by atoms with Crippen molar-refractivity contribution in [3.05, 3.63) is 83.9 Å². The van der Waals surface area contributed by atoms with Gasteiger partial charge in [0.2, 0.25) is 0 Å². The molecule has 3 aromatic rings. The van der Waals surface area contributed by atoms with Crippen LogP contribution in [0.5, 0.6) is 0 Å². The van der Waals surface area contributed by atoms with Crippen molar-refractivity contribution in [1.82, 2.24) is 0 Å². The predicted octanol–water partition coefficient (Wildman–Crippen LogP) is 6.81. The second-order valence-corrected chi connectivity index (χ2v) is 8.07. The van der Waals surface area contributed by atoms with Gasteiger partial charge in [0.15, 0.2) is 0 Å². The molecule has 23 heavy (non-hydrogen) atoms. The maximum atomic E-state index is 2.22. The molecule has 0 spiro atoms. The first kappa shape index (κ1) is 16.2. The van der Waals surface area contributed by atoms with Gasteiger partial charge < -0.3 is 0 Å². The summed E-state index contributed by atoms with van der Waals surface area (Å²) >= 11 is 3.78. The molecule has 0 fully saturated rings. The van der Waals surface area contributed by atoms with Crippen LogP contribution < -0.4 is 0 Å². The normalized spacial score (nSPS) is 10.7. The van der Waals surface area contributed by atoms with Gasteiger partial charge in [-0.25, -0.2) is 0 Å². The van der Waals surface area contributed by atoms with Crippen LogP contribution in [0, 0.1) is 13.8 Å². The molecule has 0 heterocycles. The number of aryl methyl sites for hydroxylation is 2. The molecule has 0 saturated heterocycles. The number of rotatable bonds is 5. The zero-order valence-electron chi connectivity index (χ0n) is 13.5. The van der Waals surface area contributed by atoms with Crippen molar-refractivity contribution in [2.24, 2.45) is 0 Å². The number of thioether (sulfide) groups is 2. The molecule has 0 aliphatic carbocycles. The Kier molecular flexibility index (Phi) is 5.47. The topological polar surface area (TPSA) is 0 Å². The van der Waals surface area contributed by atoms with Gasteiger partial charge in [-0.2, -0.15) is 0 Å². The third-order valence-corrected chi connectivity index (χ3v) is 5.87. The van der Waals surface area contributed by atoms with Gasteiger partial charge in [-0.3, -0.25) is 0 Å². The molecule has 0 aliphatic rings. The average molecular weight is 337 g/mol. The largest absolute Gasteiger partial charge is 0.115 e. The van der Waals surface area contributed by atoms with Crippen molar-refractivity contribution in [2.75, 3.05) is 5.08 Å². The maximum absolute atomic E-state index is 2.22. The van der Waals surface area contributed by atoms with E-state index < -0.39 is 0 Å². The minimum Gasteiger partial charge on any atom is -0.115 e. The summed E-state index contributed by atoms with van der Waals surface area (Å²) in [6.07, 6.45) is 0. The molecule has 0 saturated carbocycles. The minimum atomic E-state index is 1.03. The summed E-state index contributed by atoms with van der Waals surface area (Å²) in [4.78, 5) is 2.65. The van der Waals surface area contributed by atoms with Crippen LogP contribution in [-0.4, -0.2) is 5.08 Å². The highest BCUT2D eigenvalue weighted by Crippen LogP contribution is 2.29. The minimum absolute atomic E-state index is 1.03. The molecule has 3 rings (SSSR count). The number of hydrogen-bond acceptors (Lipinski definition) is 2. The molecule has 0 radical (unpaired) electrons. The third-order valence-electron chi connectivity index (χ3n) is 3.71. The van der Waals surface area contributed by atoms with Gasteiger partial charge in [0.05, 0.1) is 0 Å². The Morgan fingerprint density at radius 3 is 1.35 bits per heavy atom. The van der Waals surface area contributed by atoms with E-state index in [0.717, 1.165) is 5.08 Å². The van der Waals surface area contributed by atoms with Crippen molar-refractivity contribution < 1.29 is 0 Å². The van der Waals surface area contributed by atoms with Gasteiger partial charge in [0, 0.05) is 14.9 Å². The second kappa shape index (κ2) is 7.76. The van der Waals surface area contributed by atoms with Gasteiger partial charge in [0.1, 0.15) is 0 Å². The SMILES string of the molecule is Cc1ccc(SCSc2ccc(-c3ccc(C)cc3)cc2)cc1. The van der Waals surface area contributed by atoms with Crippen LogP contribution in [0.15, 0.2) is 82.6 Å². The third kappa shape index (κ3) is 4.66. The van der Waals surface area contributed by atoms with E-state index in [-0.39, 0.29) is 0 Å². The van der Waals surface area contributed by atoms with E-state index in [2.05, 4.69) is 86.6 Å². The molecule has 0 bridgehead atoms. The van der Waals surface area contributed by atoms with Gasteiger partial charge in [0.25, 0.3) is 0 Å². The summed E-state index contributed by atoms with van der Waals surface area (Å²) in [6, 6.07) is 26.3. The lowest BCUT2D eigenvalue weighted by Crippen LogP contribution is -1.80. The molecule has 116 valence electrons. The van der Waals surface area contributed by atoms with Crippen molar-refractivity contribution in [2.45, 2.75) is 23.6 Å². The van der Waals surface area contributed by atoms with Crippen molar-refractivity contribution >= 4 is 23.5 Å². The first-order valence-electron chi connectivity index (χ1n) is 7.70. The van der Waals surface area contributed by atoms with Crippen molar-refractivity contribution in [3.63, 3.8) is 0 Å². The van der Waals surface area contributed by atoms with E-state index in [9.17, 15) is 0 Å². The number of hydrogen-bond donors (Lipinski definition) is 0. The Labute approximate surface area is 147 Å². The molecule has 0 N–H and O–H groups in total. The molecule has 2 heteroatoms. The van der Waals surface area contributed by atoms with Crippen LogP contribution in [0.3, 0.4) is 0 Å². The first-order valence-corrected chi connectivity index (χ1v) is 9.67. The summed E-state index contributed by atoms with van der Waals surface area (Å²) in [5, 5.41) is 1.03.